The number of hydrogen-bond donors (Lipinski definition) is 2. The van der Waals surface area contributed by atoms with Crippen molar-refractivity contribution in [3.05, 3.63) is 0 Å². The van der Waals surface area contributed by atoms with E-state index in [9.17, 15) is 14.7 Å². The van der Waals surface area contributed by atoms with Crippen molar-refractivity contribution < 1.29 is 14.7 Å². The monoisotopic (exact) mass is 375 g/mol. The first-order valence-electron chi connectivity index (χ1n) is 5.73. The molecule has 0 saturated carbocycles. The summed E-state index contributed by atoms with van der Waals surface area (Å²) in [6.07, 6.45) is -0.101. The van der Waals surface area contributed by atoms with Crippen molar-refractivity contribution in [2.45, 2.75) is 35.9 Å². The molecule has 6 heteroatoms. The predicted molar refractivity (Wildman–Crippen MR) is 65.1 cm³/mol. The second-order valence-corrected chi connectivity index (χ2v) is 8.98. The number of rotatable bonds is 4. The number of carbonyl (C=O) groups excluding carboxylic acids is 2. The van der Waals surface area contributed by atoms with Crippen LogP contribution in [0.4, 0.5) is 0 Å². The Morgan fingerprint density at radius 2 is 2.18 bits per heavy atom. The van der Waals surface area contributed by atoms with Crippen LogP contribution in [0, 0.1) is 11.8 Å². The molecule has 96 valence electrons. The molecule has 4 atom stereocenters. The van der Waals surface area contributed by atoms with Gasteiger partial charge in [-0.2, -0.15) is 0 Å². The molecule has 2 aliphatic heterocycles. The number of β-lactam (4-membered cyclic amide) rings is 1. The number of aliphatic hydroxyl groups excluding tert-OH is 1. The molecule has 2 fully saturated rings. The van der Waals surface area contributed by atoms with E-state index in [-0.39, 0.29) is 27.6 Å². The molecule has 0 spiro atoms. The Kier molecular flexibility index (Phi) is 3.76. The molecule has 1 amide bonds. The number of alkyl halides is 1. The number of halogens is 1. The Morgan fingerprint density at radius 1 is 1.53 bits per heavy atom. The van der Waals surface area contributed by atoms with E-state index in [1.54, 1.807) is 0 Å². The fourth-order valence-electron chi connectivity index (χ4n) is 2.59. The molecule has 0 aromatic heterocycles. The maximum absolute atomic E-state index is 12.0. The first-order chi connectivity index (χ1) is 7.95. The van der Waals surface area contributed by atoms with E-state index in [1.807, 2.05) is 13.8 Å². The topological polar surface area (TPSA) is 66.4 Å². The molecule has 2 saturated heterocycles. The molecule has 17 heavy (non-hydrogen) atoms. The Bertz CT molecular complexity index is 363. The molecule has 2 aliphatic rings. The van der Waals surface area contributed by atoms with Crippen LogP contribution in [-0.2, 0) is 9.59 Å². The van der Waals surface area contributed by atoms with Crippen LogP contribution in [0.15, 0.2) is 0 Å². The number of aliphatic hydroxyl groups is 1. The summed E-state index contributed by atoms with van der Waals surface area (Å²) in [5, 5.41) is 13.1. The van der Waals surface area contributed by atoms with Gasteiger partial charge in [0, 0.05) is 0 Å². The molecule has 0 bridgehead atoms. The van der Waals surface area contributed by atoms with Crippen LogP contribution >= 0.6 is 11.6 Å². The van der Waals surface area contributed by atoms with Crippen LogP contribution in [0.1, 0.15) is 20.3 Å². The van der Waals surface area contributed by atoms with Gasteiger partial charge in [0.25, 0.3) is 0 Å². The average molecular weight is 373 g/mol. The van der Waals surface area contributed by atoms with Crippen molar-refractivity contribution >= 4 is 42.3 Å². The fourth-order valence-corrected chi connectivity index (χ4v) is 7.48. The van der Waals surface area contributed by atoms with Crippen molar-refractivity contribution in [3.63, 3.8) is 0 Å². The summed E-state index contributed by atoms with van der Waals surface area (Å²) in [5.41, 5.74) is 0. The van der Waals surface area contributed by atoms with Crippen molar-refractivity contribution in [3.8, 4) is 0 Å². The molecule has 0 radical (unpaired) electrons. The van der Waals surface area contributed by atoms with Gasteiger partial charge in [-0.3, -0.25) is 0 Å². The van der Waals surface area contributed by atoms with Gasteiger partial charge in [-0.15, -0.1) is 0 Å². The van der Waals surface area contributed by atoms with Gasteiger partial charge in [0.2, 0.25) is 0 Å². The van der Waals surface area contributed by atoms with Gasteiger partial charge in [-0.25, -0.2) is 0 Å². The quantitative estimate of drug-likeness (QED) is 0.419. The second kappa shape index (κ2) is 4.69. The summed E-state index contributed by atoms with van der Waals surface area (Å²) in [6.45, 7) is 3.77. The summed E-state index contributed by atoms with van der Waals surface area (Å²) < 4.78 is -0.577. The summed E-state index contributed by atoms with van der Waals surface area (Å²) in [6, 6.07) is -0.166. The number of amides is 1. The van der Waals surface area contributed by atoms with Crippen LogP contribution in [0.3, 0.4) is 0 Å². The Labute approximate surface area is 116 Å². The van der Waals surface area contributed by atoms with Gasteiger partial charge < -0.3 is 0 Å². The number of fused-ring (bicyclic) bond motifs is 1. The molecular formula is C11H16ClNO3Te. The molecule has 4 nitrogen and oxygen atoms in total. The molecule has 1 unspecified atom stereocenters. The van der Waals surface area contributed by atoms with Gasteiger partial charge >= 0.3 is 116 Å². The van der Waals surface area contributed by atoms with Gasteiger partial charge in [0.05, 0.1) is 0 Å². The summed E-state index contributed by atoms with van der Waals surface area (Å²) in [5.74, 6) is 0.123. The summed E-state index contributed by atoms with van der Waals surface area (Å²) >= 11 is 4.54. The number of nitrogens with one attached hydrogen (secondary N) is 1. The fraction of sp³-hybridized carbons (Fsp3) is 0.818. The van der Waals surface area contributed by atoms with E-state index in [4.69, 9.17) is 11.6 Å². The standard InChI is InChI=1S/C11H16ClNO3Te/c1-5(2)8(14)11-7(13-10(11)16)6(3-4-12)9(15)17-11/h5-8,14H,3-4H2,1-2H3,(H,13,16)/t6?,7-,8-,11-/m0/s1. The third-order valence-electron chi connectivity index (χ3n) is 3.57. The molecule has 0 aromatic rings. The third-order valence-corrected chi connectivity index (χ3v) is 8.13. The van der Waals surface area contributed by atoms with E-state index in [2.05, 4.69) is 5.32 Å². The first-order valence-corrected chi connectivity index (χ1v) is 8.59. The zero-order valence-electron chi connectivity index (χ0n) is 9.77. The molecule has 0 aromatic carbocycles. The van der Waals surface area contributed by atoms with Crippen LogP contribution < -0.4 is 5.32 Å². The van der Waals surface area contributed by atoms with E-state index in [1.165, 1.54) is 0 Å². The Morgan fingerprint density at radius 3 is 2.65 bits per heavy atom. The van der Waals surface area contributed by atoms with Gasteiger partial charge in [0.1, 0.15) is 0 Å². The normalized spacial score (nSPS) is 37.7. The van der Waals surface area contributed by atoms with Crippen LogP contribution in [0.2, 0.25) is 3.46 Å². The van der Waals surface area contributed by atoms with E-state index < -0.39 is 30.5 Å². The van der Waals surface area contributed by atoms with Gasteiger partial charge in [-0.1, -0.05) is 0 Å². The van der Waals surface area contributed by atoms with Crippen molar-refractivity contribution in [2.24, 2.45) is 11.8 Å². The third kappa shape index (κ3) is 1.83. The Balaban J connectivity index is 2.27. The predicted octanol–water partition coefficient (Wildman–Crippen LogP) is 0.150. The minimum absolute atomic E-state index is 0.00352. The summed E-state index contributed by atoms with van der Waals surface area (Å²) in [4.78, 5) is 23.9. The zero-order chi connectivity index (χ0) is 12.8. The van der Waals surface area contributed by atoms with Crippen molar-refractivity contribution in [2.75, 3.05) is 5.88 Å². The molecule has 0 aliphatic carbocycles. The molecular weight excluding hydrogens is 357 g/mol. The van der Waals surface area contributed by atoms with E-state index in [0.717, 1.165) is 0 Å². The maximum atomic E-state index is 12.0. The molecule has 2 rings (SSSR count). The SMILES string of the molecule is CC(C)[C@H](O)[C@@]12[Te]C(=O)C(CCCl)[C@@H]1NC2=O. The van der Waals surface area contributed by atoms with Crippen LogP contribution in [0.25, 0.3) is 0 Å². The first kappa shape index (κ1) is 13.6. The van der Waals surface area contributed by atoms with Gasteiger partial charge in [0.15, 0.2) is 0 Å². The van der Waals surface area contributed by atoms with Crippen molar-refractivity contribution in [1.82, 2.24) is 5.32 Å². The van der Waals surface area contributed by atoms with Crippen molar-refractivity contribution in [1.29, 1.82) is 0 Å². The van der Waals surface area contributed by atoms with E-state index in [0.29, 0.717) is 12.3 Å². The minimum atomic E-state index is -1.15. The van der Waals surface area contributed by atoms with E-state index >= 15 is 0 Å². The van der Waals surface area contributed by atoms with Crippen LogP contribution in [0.5, 0.6) is 0 Å². The molecule has 2 N–H and O–H groups in total. The molecule has 2 heterocycles. The Hall–Kier alpha value is 0.180. The summed E-state index contributed by atoms with van der Waals surface area (Å²) in [7, 11) is 0. The second-order valence-electron chi connectivity index (χ2n) is 4.94. The number of carbonyl (C=O) groups is 2. The van der Waals surface area contributed by atoms with Crippen LogP contribution in [-0.4, -0.2) is 53.8 Å². The van der Waals surface area contributed by atoms with Gasteiger partial charge in [-0.05, 0) is 0 Å². The zero-order valence-corrected chi connectivity index (χ0v) is 12.9. The number of hydrogen-bond acceptors (Lipinski definition) is 3. The average Bonchev–Trinajstić information content (AvgIpc) is 2.49.